The van der Waals surface area contributed by atoms with Gasteiger partial charge in [0.25, 0.3) is 5.91 Å². The fourth-order valence-electron chi connectivity index (χ4n) is 2.54. The third-order valence-electron chi connectivity index (χ3n) is 3.93. The Morgan fingerprint density at radius 1 is 1.11 bits per heavy atom. The number of rotatable bonds is 7. The first-order valence-electron chi connectivity index (χ1n) is 8.60. The SMILES string of the molecule is Cc1cccc(C(=O)NC(C(=O)Nc2ccc(OC(F)F)c(Cl)c2)C(C)C)c1. The molecule has 0 aliphatic carbocycles. The molecule has 0 bridgehead atoms. The molecule has 0 aliphatic heterocycles. The Balaban J connectivity index is 2.10. The molecule has 2 N–H and O–H groups in total. The Bertz CT molecular complexity index is 859. The normalized spacial score (nSPS) is 12.0. The molecule has 0 saturated heterocycles. The predicted molar refractivity (Wildman–Crippen MR) is 104 cm³/mol. The Morgan fingerprint density at radius 2 is 1.82 bits per heavy atom. The van der Waals surface area contributed by atoms with Crippen LogP contribution in [0.2, 0.25) is 5.02 Å². The van der Waals surface area contributed by atoms with Crippen LogP contribution < -0.4 is 15.4 Å². The van der Waals surface area contributed by atoms with Gasteiger partial charge in [-0.1, -0.05) is 43.1 Å². The highest BCUT2D eigenvalue weighted by Crippen LogP contribution is 2.29. The number of nitrogens with one attached hydrogen (secondary N) is 2. The molecule has 0 saturated carbocycles. The monoisotopic (exact) mass is 410 g/mol. The minimum atomic E-state index is -3.00. The standard InChI is InChI=1S/C20H21ClF2N2O3/c1-11(2)17(25-18(26)13-6-4-5-12(3)9-13)19(27)24-14-7-8-16(15(21)10-14)28-20(22)23/h4-11,17,20H,1-3H3,(H,24,27)(H,25,26). The van der Waals surface area contributed by atoms with Gasteiger partial charge in [0.2, 0.25) is 5.91 Å². The van der Waals surface area contributed by atoms with Crippen molar-refractivity contribution in [3.63, 3.8) is 0 Å². The lowest BCUT2D eigenvalue weighted by Crippen LogP contribution is -2.47. The molecule has 0 spiro atoms. The number of halogens is 3. The average Bonchev–Trinajstić information content (AvgIpc) is 2.61. The molecule has 0 aromatic heterocycles. The molecule has 0 radical (unpaired) electrons. The third-order valence-corrected chi connectivity index (χ3v) is 4.23. The number of ether oxygens (including phenoxy) is 1. The molecule has 150 valence electrons. The predicted octanol–water partition coefficient (Wildman–Crippen LogP) is 4.64. The zero-order chi connectivity index (χ0) is 20.8. The second-order valence-corrected chi connectivity index (χ2v) is 6.98. The Labute approximate surface area is 167 Å². The van der Waals surface area contributed by atoms with E-state index < -0.39 is 18.6 Å². The molecule has 0 aliphatic rings. The number of benzene rings is 2. The van der Waals surface area contributed by atoms with Gasteiger partial charge in [-0.3, -0.25) is 9.59 Å². The zero-order valence-corrected chi connectivity index (χ0v) is 16.4. The van der Waals surface area contributed by atoms with Crippen molar-refractivity contribution in [3.8, 4) is 5.75 Å². The molecule has 2 aromatic carbocycles. The maximum atomic E-state index is 12.6. The first-order valence-corrected chi connectivity index (χ1v) is 8.98. The second-order valence-electron chi connectivity index (χ2n) is 6.58. The van der Waals surface area contributed by atoms with Gasteiger partial charge in [0.05, 0.1) is 5.02 Å². The van der Waals surface area contributed by atoms with E-state index >= 15 is 0 Å². The lowest BCUT2D eigenvalue weighted by molar-refractivity contribution is -0.118. The lowest BCUT2D eigenvalue weighted by atomic mass is 10.0. The summed E-state index contributed by atoms with van der Waals surface area (Å²) in [5, 5.41) is 5.29. The highest BCUT2D eigenvalue weighted by molar-refractivity contribution is 6.32. The maximum Gasteiger partial charge on any atom is 0.387 e. The van der Waals surface area contributed by atoms with Gasteiger partial charge in [0, 0.05) is 11.3 Å². The minimum absolute atomic E-state index is 0.0667. The molecule has 8 heteroatoms. The van der Waals surface area contributed by atoms with Gasteiger partial charge in [0.1, 0.15) is 11.8 Å². The lowest BCUT2D eigenvalue weighted by Gasteiger charge is -2.22. The van der Waals surface area contributed by atoms with Crippen molar-refractivity contribution in [2.45, 2.75) is 33.4 Å². The Hall–Kier alpha value is -2.67. The summed E-state index contributed by atoms with van der Waals surface area (Å²) in [5.74, 6) is -1.20. The smallest absolute Gasteiger partial charge is 0.387 e. The summed E-state index contributed by atoms with van der Waals surface area (Å²) in [7, 11) is 0. The molecule has 5 nitrogen and oxygen atoms in total. The van der Waals surface area contributed by atoms with Crippen LogP contribution >= 0.6 is 11.6 Å². The zero-order valence-electron chi connectivity index (χ0n) is 15.6. The van der Waals surface area contributed by atoms with Crippen molar-refractivity contribution in [3.05, 3.63) is 58.6 Å². The van der Waals surface area contributed by atoms with Gasteiger partial charge in [-0.25, -0.2) is 0 Å². The maximum absolute atomic E-state index is 12.6. The molecule has 2 rings (SSSR count). The van der Waals surface area contributed by atoms with E-state index in [-0.39, 0.29) is 22.6 Å². The van der Waals surface area contributed by atoms with E-state index in [0.29, 0.717) is 11.3 Å². The van der Waals surface area contributed by atoms with E-state index in [1.807, 2.05) is 13.0 Å². The van der Waals surface area contributed by atoms with Crippen LogP contribution in [-0.4, -0.2) is 24.5 Å². The van der Waals surface area contributed by atoms with Crippen LogP contribution in [0.15, 0.2) is 42.5 Å². The van der Waals surface area contributed by atoms with Gasteiger partial charge >= 0.3 is 6.61 Å². The number of hydrogen-bond acceptors (Lipinski definition) is 3. The van der Waals surface area contributed by atoms with Gasteiger partial charge in [0.15, 0.2) is 0 Å². The number of carbonyl (C=O) groups is 2. The number of aryl methyl sites for hydroxylation is 1. The van der Waals surface area contributed by atoms with Crippen LogP contribution in [-0.2, 0) is 4.79 Å². The molecule has 28 heavy (non-hydrogen) atoms. The molecule has 1 unspecified atom stereocenters. The van der Waals surface area contributed by atoms with E-state index in [1.54, 1.807) is 32.0 Å². The Kier molecular flexibility index (Phi) is 7.34. The van der Waals surface area contributed by atoms with Crippen LogP contribution in [0.25, 0.3) is 0 Å². The van der Waals surface area contributed by atoms with Gasteiger partial charge in [-0.05, 0) is 43.2 Å². The van der Waals surface area contributed by atoms with Crippen LogP contribution in [0.3, 0.4) is 0 Å². The summed E-state index contributed by atoms with van der Waals surface area (Å²) < 4.78 is 28.9. The molecular formula is C20H21ClF2N2O3. The van der Waals surface area contributed by atoms with Crippen LogP contribution in [0, 0.1) is 12.8 Å². The molecule has 2 aromatic rings. The third kappa shape index (κ3) is 5.92. The van der Waals surface area contributed by atoms with Gasteiger partial charge in [-0.2, -0.15) is 8.78 Å². The summed E-state index contributed by atoms with van der Waals surface area (Å²) in [6, 6.07) is 10.2. The summed E-state index contributed by atoms with van der Waals surface area (Å²) >= 11 is 5.90. The number of alkyl halides is 2. The largest absolute Gasteiger partial charge is 0.433 e. The summed E-state index contributed by atoms with van der Waals surface area (Å²) in [4.78, 5) is 25.1. The van der Waals surface area contributed by atoms with E-state index in [4.69, 9.17) is 11.6 Å². The molecule has 2 amide bonds. The topological polar surface area (TPSA) is 67.4 Å². The Morgan fingerprint density at radius 3 is 2.39 bits per heavy atom. The van der Waals surface area contributed by atoms with Gasteiger partial charge in [-0.15, -0.1) is 0 Å². The highest BCUT2D eigenvalue weighted by atomic mass is 35.5. The van der Waals surface area contributed by atoms with E-state index in [2.05, 4.69) is 15.4 Å². The number of carbonyl (C=O) groups excluding carboxylic acids is 2. The van der Waals surface area contributed by atoms with Crippen LogP contribution in [0.1, 0.15) is 29.8 Å². The summed E-state index contributed by atoms with van der Waals surface area (Å²) in [6.45, 7) is 2.47. The van der Waals surface area contributed by atoms with E-state index in [9.17, 15) is 18.4 Å². The van der Waals surface area contributed by atoms with E-state index in [0.717, 1.165) is 5.56 Å². The van der Waals surface area contributed by atoms with Crippen LogP contribution in [0.5, 0.6) is 5.75 Å². The number of hydrogen-bond donors (Lipinski definition) is 2. The minimum Gasteiger partial charge on any atom is -0.433 e. The molecular weight excluding hydrogens is 390 g/mol. The van der Waals surface area contributed by atoms with E-state index in [1.165, 1.54) is 18.2 Å². The number of anilines is 1. The first-order chi connectivity index (χ1) is 13.2. The van der Waals surface area contributed by atoms with Crippen molar-refractivity contribution in [1.82, 2.24) is 5.32 Å². The summed E-state index contributed by atoms with van der Waals surface area (Å²) in [6.07, 6.45) is 0. The number of amides is 2. The fourth-order valence-corrected chi connectivity index (χ4v) is 2.76. The summed E-state index contributed by atoms with van der Waals surface area (Å²) in [5.41, 5.74) is 1.68. The molecule has 1 atom stereocenters. The van der Waals surface area contributed by atoms with Gasteiger partial charge < -0.3 is 15.4 Å². The van der Waals surface area contributed by atoms with Crippen LogP contribution in [0.4, 0.5) is 14.5 Å². The van der Waals surface area contributed by atoms with Crippen molar-refractivity contribution in [2.24, 2.45) is 5.92 Å². The molecule has 0 fully saturated rings. The fraction of sp³-hybridized carbons (Fsp3) is 0.300. The van der Waals surface area contributed by atoms with Crippen molar-refractivity contribution < 1.29 is 23.1 Å². The first kappa shape index (κ1) is 21.6. The highest BCUT2D eigenvalue weighted by Gasteiger charge is 2.25. The molecule has 0 heterocycles. The van der Waals surface area contributed by atoms with Crippen molar-refractivity contribution >= 4 is 29.1 Å². The second kappa shape index (κ2) is 9.50. The van der Waals surface area contributed by atoms with Crippen molar-refractivity contribution in [2.75, 3.05) is 5.32 Å². The average molecular weight is 411 g/mol. The van der Waals surface area contributed by atoms with Crippen molar-refractivity contribution in [1.29, 1.82) is 0 Å². The quantitative estimate of drug-likeness (QED) is 0.698.